The second kappa shape index (κ2) is 12.3. The molecule has 1 heterocycles. The van der Waals surface area contributed by atoms with Gasteiger partial charge in [-0.15, -0.1) is 0 Å². The molecular weight excluding hydrogens is 428 g/mol. The van der Waals surface area contributed by atoms with Gasteiger partial charge in [-0.1, -0.05) is 50.6 Å². The molecule has 10 heteroatoms. The maximum Gasteiger partial charge on any atom is 0.328 e. The van der Waals surface area contributed by atoms with Gasteiger partial charge in [0.25, 0.3) is 0 Å². The molecule has 1 aromatic carbocycles. The Kier molecular flexibility index (Phi) is 9.80. The van der Waals surface area contributed by atoms with E-state index in [1.807, 2.05) is 37.3 Å². The van der Waals surface area contributed by atoms with Crippen LogP contribution in [0.15, 0.2) is 30.3 Å². The summed E-state index contributed by atoms with van der Waals surface area (Å²) >= 11 is 0. The van der Waals surface area contributed by atoms with Gasteiger partial charge in [-0.05, 0) is 30.7 Å². The summed E-state index contributed by atoms with van der Waals surface area (Å²) in [6, 6.07) is 5.34. The molecule has 6 N–H and O–H groups in total. The number of carboxylic acids is 1. The van der Waals surface area contributed by atoms with Gasteiger partial charge in [0.2, 0.25) is 17.7 Å². The minimum absolute atomic E-state index is 0.298. The van der Waals surface area contributed by atoms with E-state index in [4.69, 9.17) is 10.8 Å². The minimum Gasteiger partial charge on any atom is -0.480 e. The molecule has 182 valence electrons. The molecule has 33 heavy (non-hydrogen) atoms. The van der Waals surface area contributed by atoms with E-state index in [2.05, 4.69) is 10.6 Å². The van der Waals surface area contributed by atoms with Crippen LogP contribution in [-0.2, 0) is 25.6 Å². The molecule has 1 fully saturated rings. The Balaban J connectivity index is 2.08. The highest BCUT2D eigenvalue weighted by Crippen LogP contribution is 2.20. The molecule has 0 aromatic heterocycles. The summed E-state index contributed by atoms with van der Waals surface area (Å²) in [7, 11) is 0. The molecule has 2 rings (SSSR count). The largest absolute Gasteiger partial charge is 0.480 e. The monoisotopic (exact) mass is 462 g/mol. The molecule has 1 aliphatic heterocycles. The second-order valence-electron chi connectivity index (χ2n) is 8.44. The lowest BCUT2D eigenvalue weighted by Crippen LogP contribution is -2.58. The van der Waals surface area contributed by atoms with Crippen LogP contribution in [0, 0.1) is 5.92 Å². The van der Waals surface area contributed by atoms with Crippen molar-refractivity contribution in [1.82, 2.24) is 15.5 Å². The summed E-state index contributed by atoms with van der Waals surface area (Å²) in [6.45, 7) is 3.22. The van der Waals surface area contributed by atoms with Crippen molar-refractivity contribution >= 4 is 23.7 Å². The van der Waals surface area contributed by atoms with E-state index in [0.29, 0.717) is 32.2 Å². The number of rotatable bonds is 11. The minimum atomic E-state index is -1.47. The van der Waals surface area contributed by atoms with E-state index in [-0.39, 0.29) is 11.8 Å². The van der Waals surface area contributed by atoms with E-state index in [9.17, 15) is 24.3 Å². The number of nitrogens with one attached hydrogen (secondary N) is 2. The van der Waals surface area contributed by atoms with Crippen molar-refractivity contribution in [3.05, 3.63) is 35.9 Å². The van der Waals surface area contributed by atoms with Crippen LogP contribution in [0.5, 0.6) is 0 Å². The lowest BCUT2D eigenvalue weighted by Gasteiger charge is -2.30. The molecule has 10 nitrogen and oxygen atoms in total. The predicted molar refractivity (Wildman–Crippen MR) is 121 cm³/mol. The van der Waals surface area contributed by atoms with Crippen molar-refractivity contribution in [3.8, 4) is 0 Å². The van der Waals surface area contributed by atoms with Gasteiger partial charge in [0.1, 0.15) is 18.1 Å². The fourth-order valence-corrected chi connectivity index (χ4v) is 3.87. The number of likely N-dealkylation sites (tertiary alicyclic amines) is 1. The third kappa shape index (κ3) is 7.00. The first-order valence-electron chi connectivity index (χ1n) is 11.2. The molecule has 0 radical (unpaired) electrons. The number of carbonyl (C=O) groups is 4. The fourth-order valence-electron chi connectivity index (χ4n) is 3.87. The summed E-state index contributed by atoms with van der Waals surface area (Å²) in [6.07, 6.45) is 1.97. The Morgan fingerprint density at radius 1 is 1.18 bits per heavy atom. The van der Waals surface area contributed by atoms with Crippen molar-refractivity contribution in [1.29, 1.82) is 0 Å². The van der Waals surface area contributed by atoms with Gasteiger partial charge < -0.3 is 31.5 Å². The first-order chi connectivity index (χ1) is 15.7. The van der Waals surface area contributed by atoms with Crippen LogP contribution in [0.4, 0.5) is 0 Å². The molecule has 5 unspecified atom stereocenters. The zero-order valence-corrected chi connectivity index (χ0v) is 19.1. The zero-order valence-electron chi connectivity index (χ0n) is 19.1. The number of hydrogen-bond donors (Lipinski definition) is 5. The van der Waals surface area contributed by atoms with Gasteiger partial charge in [0.05, 0.1) is 12.6 Å². The molecule has 0 saturated carbocycles. The molecule has 1 aromatic rings. The summed E-state index contributed by atoms with van der Waals surface area (Å²) in [5.74, 6) is -3.18. The average Bonchev–Trinajstić information content (AvgIpc) is 3.30. The molecule has 5 atom stereocenters. The van der Waals surface area contributed by atoms with Crippen LogP contribution >= 0.6 is 0 Å². The number of aliphatic carboxylic acids is 1. The van der Waals surface area contributed by atoms with E-state index in [1.54, 1.807) is 6.92 Å². The van der Waals surface area contributed by atoms with Gasteiger partial charge in [0, 0.05) is 6.54 Å². The van der Waals surface area contributed by atoms with Gasteiger partial charge in [-0.2, -0.15) is 0 Å². The third-order valence-corrected chi connectivity index (χ3v) is 6.04. The smallest absolute Gasteiger partial charge is 0.328 e. The van der Waals surface area contributed by atoms with Crippen LogP contribution in [0.2, 0.25) is 0 Å². The highest BCUT2D eigenvalue weighted by Gasteiger charge is 2.38. The number of hydrogen-bond acceptors (Lipinski definition) is 6. The Hall–Kier alpha value is -2.98. The summed E-state index contributed by atoms with van der Waals surface area (Å²) in [4.78, 5) is 51.4. The first kappa shape index (κ1) is 26.3. The van der Waals surface area contributed by atoms with Gasteiger partial charge in [-0.25, -0.2) is 4.79 Å². The SMILES string of the molecule is CCC(C)C(NC(=O)C1CCCN1C(=O)C(N)Cc1ccccc1)C(=O)NC(CO)C(=O)O. The van der Waals surface area contributed by atoms with Crippen LogP contribution in [0.1, 0.15) is 38.7 Å². The highest BCUT2D eigenvalue weighted by molar-refractivity contribution is 5.94. The number of aliphatic hydroxyl groups is 1. The number of nitrogens with two attached hydrogens (primary N) is 1. The van der Waals surface area contributed by atoms with Crippen LogP contribution in [0.25, 0.3) is 0 Å². The van der Waals surface area contributed by atoms with Crippen LogP contribution in [-0.4, -0.2) is 76.1 Å². The standard InChI is InChI=1S/C23H34N4O6/c1-3-14(2)19(21(30)25-17(13-28)23(32)33)26-20(29)18-10-7-11-27(18)22(31)16(24)12-15-8-5-4-6-9-15/h4-6,8-9,14,16-19,28H,3,7,10-13,24H2,1-2H3,(H,25,30)(H,26,29)(H,32,33). The molecular formula is C23H34N4O6. The fraction of sp³-hybridized carbons (Fsp3) is 0.565. The number of carbonyl (C=O) groups excluding carboxylic acids is 3. The van der Waals surface area contributed by atoms with Gasteiger partial charge >= 0.3 is 5.97 Å². The van der Waals surface area contributed by atoms with E-state index in [1.165, 1.54) is 4.90 Å². The van der Waals surface area contributed by atoms with Crippen molar-refractivity contribution < 1.29 is 29.4 Å². The van der Waals surface area contributed by atoms with E-state index >= 15 is 0 Å². The predicted octanol–water partition coefficient (Wildman–Crippen LogP) is -0.360. The van der Waals surface area contributed by atoms with Crippen LogP contribution in [0.3, 0.4) is 0 Å². The van der Waals surface area contributed by atoms with E-state index in [0.717, 1.165) is 5.56 Å². The van der Waals surface area contributed by atoms with Gasteiger partial charge in [0.15, 0.2) is 0 Å². The zero-order chi connectivity index (χ0) is 24.5. The van der Waals surface area contributed by atoms with Crippen molar-refractivity contribution in [2.75, 3.05) is 13.2 Å². The number of nitrogens with zero attached hydrogens (tertiary/aromatic N) is 1. The summed E-state index contributed by atoms with van der Waals surface area (Å²) in [5.41, 5.74) is 7.06. The summed E-state index contributed by atoms with van der Waals surface area (Å²) < 4.78 is 0. The normalized spacial score (nSPS) is 19.3. The quantitative estimate of drug-likeness (QED) is 0.300. The maximum atomic E-state index is 13.1. The van der Waals surface area contributed by atoms with Gasteiger partial charge in [-0.3, -0.25) is 14.4 Å². The molecule has 0 bridgehead atoms. The topological polar surface area (TPSA) is 162 Å². The Morgan fingerprint density at radius 2 is 1.85 bits per heavy atom. The number of amides is 3. The Morgan fingerprint density at radius 3 is 2.42 bits per heavy atom. The number of aliphatic hydroxyl groups excluding tert-OH is 1. The Labute approximate surface area is 193 Å². The molecule has 1 aliphatic rings. The maximum absolute atomic E-state index is 13.1. The summed E-state index contributed by atoms with van der Waals surface area (Å²) in [5, 5.41) is 23.2. The van der Waals surface area contributed by atoms with E-state index < -0.39 is 48.6 Å². The third-order valence-electron chi connectivity index (χ3n) is 6.04. The lowest BCUT2D eigenvalue weighted by atomic mass is 9.97. The molecule has 0 spiro atoms. The number of carboxylic acid groups (broad SMARTS) is 1. The molecule has 1 saturated heterocycles. The molecule has 3 amide bonds. The van der Waals surface area contributed by atoms with Crippen molar-refractivity contribution in [2.45, 2.75) is 63.7 Å². The Bertz CT molecular complexity index is 834. The average molecular weight is 463 g/mol. The number of benzene rings is 1. The van der Waals surface area contributed by atoms with Crippen molar-refractivity contribution in [3.63, 3.8) is 0 Å². The lowest BCUT2D eigenvalue weighted by molar-refractivity contribution is -0.144. The highest BCUT2D eigenvalue weighted by atomic mass is 16.4. The van der Waals surface area contributed by atoms with Crippen LogP contribution < -0.4 is 16.4 Å². The molecule has 0 aliphatic carbocycles. The first-order valence-corrected chi connectivity index (χ1v) is 11.2. The van der Waals surface area contributed by atoms with Crippen molar-refractivity contribution in [2.24, 2.45) is 11.7 Å². The second-order valence-corrected chi connectivity index (χ2v) is 8.44.